The van der Waals surface area contributed by atoms with Crippen molar-refractivity contribution in [3.63, 3.8) is 0 Å². The van der Waals surface area contributed by atoms with E-state index in [1.807, 2.05) is 0 Å². The zero-order valence-corrected chi connectivity index (χ0v) is 24.7. The quantitative estimate of drug-likeness (QED) is 0.262. The third kappa shape index (κ3) is 3.56. The minimum absolute atomic E-state index is 0.156. The summed E-state index contributed by atoms with van der Waals surface area (Å²) in [5, 5.41) is 1.40. The van der Waals surface area contributed by atoms with E-state index in [4.69, 9.17) is 17.0 Å². The van der Waals surface area contributed by atoms with Crippen molar-refractivity contribution in [3.05, 3.63) is 112 Å². The van der Waals surface area contributed by atoms with Crippen molar-refractivity contribution in [2.24, 2.45) is 0 Å². The summed E-state index contributed by atoms with van der Waals surface area (Å²) >= 11 is -4.72. The van der Waals surface area contributed by atoms with Gasteiger partial charge in [0.25, 0.3) is 0 Å². The summed E-state index contributed by atoms with van der Waals surface area (Å²) in [6, 6.07) is 28.6. The number of hydrogen-bond acceptors (Lipinski definition) is 0. The molecular weight excluding hydrogens is 539 g/mol. The fourth-order valence-corrected chi connectivity index (χ4v) is 47.5. The van der Waals surface area contributed by atoms with Crippen molar-refractivity contribution in [3.8, 4) is 0 Å². The van der Waals surface area contributed by atoms with Crippen LogP contribution < -0.4 is 5.19 Å². The fourth-order valence-electron chi connectivity index (χ4n) is 6.42. The standard InChI is InChI=1S/2C11H11.C7H9Si.2ClH.Zr/c2*1-2-9-7-10-5-3-4-6-11(10)8-9;1-8-7-5-3-2-4-6-7;;;/h2*3-8H,2H2,1H3;2-6,8H,1H3;2*1H;/q;;;;;+2/p-2. The van der Waals surface area contributed by atoms with Crippen molar-refractivity contribution in [2.45, 2.75) is 40.5 Å². The number of allylic oxidation sites excluding steroid dienone is 2. The number of fused-ring (bicyclic) bond motifs is 2. The van der Waals surface area contributed by atoms with Gasteiger partial charge in [-0.1, -0.05) is 0 Å². The first-order valence-corrected chi connectivity index (χ1v) is 27.8. The monoisotopic (exact) mass is 567 g/mol. The van der Waals surface area contributed by atoms with E-state index in [0.29, 0.717) is 0 Å². The minimum atomic E-state index is -4.72. The Morgan fingerprint density at radius 1 is 0.667 bits per heavy atom. The summed E-state index contributed by atoms with van der Waals surface area (Å²) in [6.45, 7) is 6.98. The van der Waals surface area contributed by atoms with E-state index in [-0.39, 0.29) is 7.25 Å². The predicted molar refractivity (Wildman–Crippen MR) is 146 cm³/mol. The molecule has 3 unspecified atom stereocenters. The molecule has 0 bridgehead atoms. The molecule has 0 amide bonds. The van der Waals surface area contributed by atoms with E-state index < -0.39 is 21.5 Å². The Bertz CT molecular complexity index is 1190. The molecule has 33 heavy (non-hydrogen) atoms. The summed E-state index contributed by atoms with van der Waals surface area (Å²) in [5.74, 6) is -1.78. The molecule has 3 aromatic carbocycles. The Balaban J connectivity index is 1.83. The molecular formula is C29H31Cl2SiZr. The van der Waals surface area contributed by atoms with Crippen LogP contribution in [0.4, 0.5) is 0 Å². The van der Waals surface area contributed by atoms with E-state index in [1.54, 1.807) is 0 Å². The van der Waals surface area contributed by atoms with Crippen molar-refractivity contribution in [2.75, 3.05) is 0 Å². The van der Waals surface area contributed by atoms with Crippen molar-refractivity contribution in [1.82, 2.24) is 0 Å². The Morgan fingerprint density at radius 2 is 1.09 bits per heavy atom. The topological polar surface area (TPSA) is 0 Å². The molecule has 0 nitrogen and oxygen atoms in total. The van der Waals surface area contributed by atoms with Gasteiger partial charge in [-0.05, 0) is 0 Å². The van der Waals surface area contributed by atoms with Gasteiger partial charge in [0.1, 0.15) is 0 Å². The van der Waals surface area contributed by atoms with Gasteiger partial charge in [0, 0.05) is 0 Å². The molecule has 3 atom stereocenters. The molecule has 0 heterocycles. The third-order valence-electron chi connectivity index (χ3n) is 8.08. The molecule has 0 radical (unpaired) electrons. The van der Waals surface area contributed by atoms with Crippen molar-refractivity contribution >= 4 is 40.3 Å². The Kier molecular flexibility index (Phi) is 6.28. The van der Waals surface area contributed by atoms with Gasteiger partial charge in [-0.25, -0.2) is 0 Å². The van der Waals surface area contributed by atoms with Crippen LogP contribution in [0.1, 0.15) is 56.2 Å². The Morgan fingerprint density at radius 3 is 1.55 bits per heavy atom. The summed E-state index contributed by atoms with van der Waals surface area (Å²) in [4.78, 5) is 0. The van der Waals surface area contributed by atoms with Crippen LogP contribution in [0.3, 0.4) is 0 Å². The summed E-state index contributed by atoms with van der Waals surface area (Å²) in [5.41, 5.74) is 8.20. The van der Waals surface area contributed by atoms with Crippen LogP contribution in [0.25, 0.3) is 12.2 Å². The van der Waals surface area contributed by atoms with E-state index >= 15 is 0 Å². The number of benzene rings is 3. The molecule has 0 N–H and O–H groups in total. The first kappa shape index (κ1) is 23.6. The van der Waals surface area contributed by atoms with Gasteiger partial charge < -0.3 is 0 Å². The molecule has 5 rings (SSSR count). The molecule has 4 heteroatoms. The summed E-state index contributed by atoms with van der Waals surface area (Å²) in [6.07, 6.45) is 6.75. The van der Waals surface area contributed by atoms with Crippen molar-refractivity contribution in [1.29, 1.82) is 0 Å². The maximum atomic E-state index is 8.45. The molecule has 3 aromatic rings. The first-order chi connectivity index (χ1) is 15.9. The van der Waals surface area contributed by atoms with Crippen LogP contribution >= 0.6 is 17.0 Å². The van der Waals surface area contributed by atoms with Crippen LogP contribution in [0.15, 0.2) is 90.0 Å². The SMILES string of the molecule is CCC1=Cc2ccccc2[CH]1[Zr]([Cl])([Cl])([CH]1C(CC)=Cc2ccccc21)[SiH](C)c1ccccc1. The zero-order chi connectivity index (χ0) is 23.2. The average Bonchev–Trinajstić information content (AvgIpc) is 3.43. The van der Waals surface area contributed by atoms with Crippen molar-refractivity contribution < 1.29 is 15.6 Å². The fraction of sp³-hybridized carbons (Fsp3) is 0.241. The van der Waals surface area contributed by atoms with Gasteiger partial charge >= 0.3 is 209 Å². The zero-order valence-electron chi connectivity index (χ0n) is 19.6. The molecule has 0 saturated heterocycles. The molecule has 0 saturated carbocycles. The molecule has 0 aromatic heterocycles. The van der Waals surface area contributed by atoms with E-state index in [2.05, 4.69) is 111 Å². The second-order valence-electron chi connectivity index (χ2n) is 9.63. The van der Waals surface area contributed by atoms with Gasteiger partial charge in [-0.15, -0.1) is 0 Å². The van der Waals surface area contributed by atoms with Gasteiger partial charge in [-0.2, -0.15) is 0 Å². The second-order valence-corrected chi connectivity index (χ2v) is 49.8. The van der Waals surface area contributed by atoms with Gasteiger partial charge in [0.15, 0.2) is 0 Å². The van der Waals surface area contributed by atoms with E-state index in [1.165, 1.54) is 38.6 Å². The Labute approximate surface area is 207 Å². The van der Waals surface area contributed by atoms with E-state index in [0.717, 1.165) is 12.8 Å². The third-order valence-corrected chi connectivity index (χ3v) is 55.3. The Hall–Kier alpha value is -1.18. The van der Waals surface area contributed by atoms with Gasteiger partial charge in [-0.3, -0.25) is 0 Å². The average molecular weight is 570 g/mol. The molecule has 169 valence electrons. The normalized spacial score (nSPS) is 21.4. The number of halogens is 2. The molecule has 0 aliphatic heterocycles. The summed E-state index contributed by atoms with van der Waals surface area (Å²) < 4.78 is 0.313. The van der Waals surface area contributed by atoms with Crippen LogP contribution in [0, 0.1) is 0 Å². The van der Waals surface area contributed by atoms with Gasteiger partial charge in [0.2, 0.25) is 0 Å². The predicted octanol–water partition coefficient (Wildman–Crippen LogP) is 8.34. The van der Waals surface area contributed by atoms with Crippen LogP contribution in [0.5, 0.6) is 0 Å². The van der Waals surface area contributed by atoms with E-state index in [9.17, 15) is 0 Å². The van der Waals surface area contributed by atoms with Crippen LogP contribution in [-0.4, -0.2) is 5.92 Å². The summed E-state index contributed by atoms with van der Waals surface area (Å²) in [7, 11) is 16.9. The number of hydrogen-bond donors (Lipinski definition) is 0. The van der Waals surface area contributed by atoms with Gasteiger partial charge in [0.05, 0.1) is 0 Å². The molecule has 0 fully saturated rings. The molecule has 2 aliphatic rings. The van der Waals surface area contributed by atoms with Crippen LogP contribution in [-0.2, 0) is 15.6 Å². The number of rotatable bonds is 6. The first-order valence-electron chi connectivity index (χ1n) is 12.1. The molecule has 2 aliphatic carbocycles. The molecule has 0 spiro atoms. The maximum absolute atomic E-state index is 8.45. The second kappa shape index (κ2) is 8.80. The van der Waals surface area contributed by atoms with Crippen LogP contribution in [0.2, 0.25) is 6.55 Å².